The summed E-state index contributed by atoms with van der Waals surface area (Å²) in [4.78, 5) is 36.1. The average molecular weight is 357 g/mol. The highest BCUT2D eigenvalue weighted by molar-refractivity contribution is 6.05. The van der Waals surface area contributed by atoms with Crippen LogP contribution < -0.4 is 10.9 Å². The molecule has 3 N–H and O–H groups in total. The Labute approximate surface area is 151 Å². The summed E-state index contributed by atoms with van der Waals surface area (Å²) in [6.45, 7) is 7.00. The van der Waals surface area contributed by atoms with E-state index in [9.17, 15) is 19.5 Å². The summed E-state index contributed by atoms with van der Waals surface area (Å²) >= 11 is 0. The molecule has 0 unspecified atom stereocenters. The Bertz CT molecular complexity index is 883. The van der Waals surface area contributed by atoms with Crippen molar-refractivity contribution in [3.63, 3.8) is 0 Å². The third kappa shape index (κ3) is 3.66. The molecule has 0 fully saturated rings. The van der Waals surface area contributed by atoms with Crippen LogP contribution in [0, 0.1) is 0 Å². The predicted octanol–water partition coefficient (Wildman–Crippen LogP) is 2.51. The number of carboxylic acids is 1. The molecule has 0 aliphatic carbocycles. The fraction of sp³-hybridized carbons (Fsp3) is 0.368. The second kappa shape index (κ2) is 7.51. The third-order valence-corrected chi connectivity index (χ3v) is 4.48. The maximum atomic E-state index is 12.6. The van der Waals surface area contributed by atoms with Crippen molar-refractivity contribution in [2.24, 2.45) is 0 Å². The number of H-pyrrole nitrogens is 1. The van der Waals surface area contributed by atoms with Crippen molar-refractivity contribution in [1.82, 2.24) is 10.2 Å². The van der Waals surface area contributed by atoms with Crippen LogP contribution in [0.2, 0.25) is 0 Å². The standard InChI is InChI=1S/C19H23N3O4/c1-5-13-14(6-2)21-22-17(24)15(13)16(23)20-12-9-7-11(8-10-12)19(3,4)18(25)26/h7-10H,5-6H2,1-4H3,(H,20,23)(H,22,24)(H,25,26). The van der Waals surface area contributed by atoms with E-state index in [0.717, 1.165) is 0 Å². The van der Waals surface area contributed by atoms with Crippen LogP contribution in [-0.4, -0.2) is 27.2 Å². The molecule has 0 spiro atoms. The molecule has 138 valence electrons. The minimum Gasteiger partial charge on any atom is -0.481 e. The van der Waals surface area contributed by atoms with Crippen LogP contribution in [0.5, 0.6) is 0 Å². The molecule has 0 aliphatic heterocycles. The Balaban J connectivity index is 2.32. The lowest BCUT2D eigenvalue weighted by atomic mass is 9.85. The van der Waals surface area contributed by atoms with Crippen molar-refractivity contribution in [3.05, 3.63) is 57.0 Å². The number of amides is 1. The Morgan fingerprint density at radius 2 is 1.77 bits per heavy atom. The van der Waals surface area contributed by atoms with Gasteiger partial charge in [-0.25, -0.2) is 5.10 Å². The minimum absolute atomic E-state index is 0.0642. The number of nitrogens with zero attached hydrogens (tertiary/aromatic N) is 1. The van der Waals surface area contributed by atoms with Crippen molar-refractivity contribution >= 4 is 17.6 Å². The molecule has 1 heterocycles. The number of hydrogen-bond acceptors (Lipinski definition) is 4. The summed E-state index contributed by atoms with van der Waals surface area (Å²) < 4.78 is 0. The molecular formula is C19H23N3O4. The largest absolute Gasteiger partial charge is 0.481 e. The molecule has 1 aromatic carbocycles. The molecule has 26 heavy (non-hydrogen) atoms. The highest BCUT2D eigenvalue weighted by Crippen LogP contribution is 2.25. The first kappa shape index (κ1) is 19.4. The summed E-state index contributed by atoms with van der Waals surface area (Å²) in [6, 6.07) is 6.55. The molecule has 7 heteroatoms. The molecule has 0 atom stereocenters. The molecule has 0 aliphatic rings. The highest BCUT2D eigenvalue weighted by atomic mass is 16.4. The number of carboxylic acid groups (broad SMARTS) is 1. The highest BCUT2D eigenvalue weighted by Gasteiger charge is 2.29. The molecule has 7 nitrogen and oxygen atoms in total. The Kier molecular flexibility index (Phi) is 5.59. The van der Waals surface area contributed by atoms with E-state index in [1.54, 1.807) is 38.1 Å². The van der Waals surface area contributed by atoms with Gasteiger partial charge in [-0.3, -0.25) is 14.4 Å². The van der Waals surface area contributed by atoms with E-state index >= 15 is 0 Å². The number of benzene rings is 1. The van der Waals surface area contributed by atoms with Gasteiger partial charge < -0.3 is 10.4 Å². The van der Waals surface area contributed by atoms with Gasteiger partial charge in [-0.15, -0.1) is 0 Å². The van der Waals surface area contributed by atoms with Crippen LogP contribution >= 0.6 is 0 Å². The van der Waals surface area contributed by atoms with Gasteiger partial charge in [-0.1, -0.05) is 26.0 Å². The Morgan fingerprint density at radius 3 is 2.27 bits per heavy atom. The van der Waals surface area contributed by atoms with E-state index in [0.29, 0.717) is 35.3 Å². The van der Waals surface area contributed by atoms with Crippen LogP contribution in [0.1, 0.15) is 54.9 Å². The number of aromatic amines is 1. The first-order chi connectivity index (χ1) is 12.2. The van der Waals surface area contributed by atoms with Gasteiger partial charge in [0.05, 0.1) is 11.1 Å². The van der Waals surface area contributed by atoms with Gasteiger partial charge >= 0.3 is 5.97 Å². The maximum absolute atomic E-state index is 12.6. The lowest BCUT2D eigenvalue weighted by Crippen LogP contribution is -2.29. The van der Waals surface area contributed by atoms with Gasteiger partial charge in [-0.2, -0.15) is 5.10 Å². The summed E-state index contributed by atoms with van der Waals surface area (Å²) in [5.41, 5.74) is 0.933. The lowest BCUT2D eigenvalue weighted by molar-refractivity contribution is -0.142. The average Bonchev–Trinajstić information content (AvgIpc) is 2.61. The van der Waals surface area contributed by atoms with E-state index in [-0.39, 0.29) is 5.56 Å². The van der Waals surface area contributed by atoms with Crippen LogP contribution in [0.4, 0.5) is 5.69 Å². The molecule has 1 aromatic heterocycles. The van der Waals surface area contributed by atoms with Crippen LogP contribution in [0.3, 0.4) is 0 Å². The van der Waals surface area contributed by atoms with Crippen molar-refractivity contribution in [1.29, 1.82) is 0 Å². The molecule has 2 rings (SSSR count). The van der Waals surface area contributed by atoms with Crippen molar-refractivity contribution < 1.29 is 14.7 Å². The third-order valence-electron chi connectivity index (χ3n) is 4.48. The molecule has 0 saturated carbocycles. The summed E-state index contributed by atoms with van der Waals surface area (Å²) in [6.07, 6.45) is 1.13. The van der Waals surface area contributed by atoms with E-state index in [1.807, 2.05) is 13.8 Å². The van der Waals surface area contributed by atoms with Crippen molar-refractivity contribution in [2.45, 2.75) is 46.0 Å². The fourth-order valence-corrected chi connectivity index (χ4v) is 2.72. The minimum atomic E-state index is -1.03. The first-order valence-corrected chi connectivity index (χ1v) is 8.48. The maximum Gasteiger partial charge on any atom is 0.313 e. The number of carbonyl (C=O) groups is 2. The summed E-state index contributed by atoms with van der Waals surface area (Å²) in [5, 5.41) is 18.4. The summed E-state index contributed by atoms with van der Waals surface area (Å²) in [7, 11) is 0. The number of carbonyl (C=O) groups excluding carboxylic acids is 1. The molecule has 0 saturated heterocycles. The normalized spacial score (nSPS) is 11.2. The smallest absolute Gasteiger partial charge is 0.313 e. The number of aryl methyl sites for hydroxylation is 1. The Hall–Kier alpha value is -2.96. The molecule has 0 bridgehead atoms. The predicted molar refractivity (Wildman–Crippen MR) is 98.7 cm³/mol. The summed E-state index contributed by atoms with van der Waals surface area (Å²) in [5.74, 6) is -1.44. The molecule has 0 radical (unpaired) electrons. The lowest BCUT2D eigenvalue weighted by Gasteiger charge is -2.20. The molecule has 2 aromatic rings. The number of nitrogens with one attached hydrogen (secondary N) is 2. The SMILES string of the molecule is CCc1n[nH]c(=O)c(C(=O)Nc2ccc(C(C)(C)C(=O)O)cc2)c1CC. The van der Waals surface area contributed by atoms with Gasteiger partial charge in [0.25, 0.3) is 11.5 Å². The van der Waals surface area contributed by atoms with Gasteiger partial charge in [0.15, 0.2) is 0 Å². The van der Waals surface area contributed by atoms with E-state index in [2.05, 4.69) is 15.5 Å². The Morgan fingerprint density at radius 1 is 1.15 bits per heavy atom. The number of anilines is 1. The fourth-order valence-electron chi connectivity index (χ4n) is 2.72. The zero-order chi connectivity index (χ0) is 19.5. The monoisotopic (exact) mass is 357 g/mol. The number of hydrogen-bond donors (Lipinski definition) is 3. The van der Waals surface area contributed by atoms with Crippen molar-refractivity contribution in [2.75, 3.05) is 5.32 Å². The quantitative estimate of drug-likeness (QED) is 0.735. The zero-order valence-electron chi connectivity index (χ0n) is 15.3. The number of aromatic nitrogens is 2. The molecular weight excluding hydrogens is 334 g/mol. The number of aliphatic carboxylic acids is 1. The topological polar surface area (TPSA) is 112 Å². The van der Waals surface area contributed by atoms with Gasteiger partial charge in [0.1, 0.15) is 5.56 Å². The van der Waals surface area contributed by atoms with Crippen LogP contribution in [0.25, 0.3) is 0 Å². The second-order valence-corrected chi connectivity index (χ2v) is 6.52. The van der Waals surface area contributed by atoms with Gasteiger partial charge in [0, 0.05) is 5.69 Å². The van der Waals surface area contributed by atoms with E-state index in [1.165, 1.54) is 0 Å². The van der Waals surface area contributed by atoms with E-state index < -0.39 is 22.9 Å². The van der Waals surface area contributed by atoms with Crippen LogP contribution in [-0.2, 0) is 23.1 Å². The van der Waals surface area contributed by atoms with Gasteiger partial charge in [0.2, 0.25) is 0 Å². The number of rotatable bonds is 6. The molecule has 1 amide bonds. The van der Waals surface area contributed by atoms with Gasteiger partial charge in [-0.05, 0) is 49.9 Å². The first-order valence-electron chi connectivity index (χ1n) is 8.48. The zero-order valence-corrected chi connectivity index (χ0v) is 15.3. The van der Waals surface area contributed by atoms with Crippen molar-refractivity contribution in [3.8, 4) is 0 Å². The van der Waals surface area contributed by atoms with E-state index in [4.69, 9.17) is 0 Å². The second-order valence-electron chi connectivity index (χ2n) is 6.52. The van der Waals surface area contributed by atoms with Crippen LogP contribution in [0.15, 0.2) is 29.1 Å².